The van der Waals surface area contributed by atoms with E-state index in [1.165, 1.54) is 0 Å². The molecule has 6 nitrogen and oxygen atoms in total. The first-order valence-electron chi connectivity index (χ1n) is 5.68. The van der Waals surface area contributed by atoms with Crippen molar-refractivity contribution < 1.29 is 9.53 Å². The zero-order valence-electron chi connectivity index (χ0n) is 10.2. The summed E-state index contributed by atoms with van der Waals surface area (Å²) in [7, 11) is 1.77. The molecule has 1 aromatic heterocycles. The summed E-state index contributed by atoms with van der Waals surface area (Å²) in [5.41, 5.74) is 2.66. The third kappa shape index (κ3) is 1.91. The molecule has 0 unspecified atom stereocenters. The van der Waals surface area contributed by atoms with Gasteiger partial charge in [0.25, 0.3) is 5.91 Å². The van der Waals surface area contributed by atoms with Gasteiger partial charge in [0.1, 0.15) is 11.8 Å². The van der Waals surface area contributed by atoms with Crippen molar-refractivity contribution in [3.63, 3.8) is 0 Å². The average Bonchev–Trinajstić information content (AvgIpc) is 2.79. The first-order valence-corrected chi connectivity index (χ1v) is 5.68. The van der Waals surface area contributed by atoms with Crippen molar-refractivity contribution in [1.29, 1.82) is 5.26 Å². The molecule has 0 saturated heterocycles. The number of hydrogen-bond donors (Lipinski definition) is 1. The number of nitriles is 1. The van der Waals surface area contributed by atoms with E-state index in [0.29, 0.717) is 17.1 Å². The van der Waals surface area contributed by atoms with E-state index in [4.69, 9.17) is 10.00 Å². The fourth-order valence-corrected chi connectivity index (χ4v) is 2.03. The molecule has 94 valence electrons. The first-order chi connectivity index (χ1) is 9.17. The third-order valence-corrected chi connectivity index (χ3v) is 2.90. The van der Waals surface area contributed by atoms with Gasteiger partial charge in [-0.2, -0.15) is 10.4 Å². The summed E-state index contributed by atoms with van der Waals surface area (Å²) in [4.78, 5) is 11.3. The number of hydrogen-bond acceptors (Lipinski definition) is 4. The highest BCUT2D eigenvalue weighted by Gasteiger charge is 2.17. The highest BCUT2D eigenvalue weighted by Crippen LogP contribution is 2.32. The van der Waals surface area contributed by atoms with Crippen molar-refractivity contribution in [3.05, 3.63) is 30.0 Å². The number of ether oxygens (including phenoxy) is 1. The van der Waals surface area contributed by atoms with Crippen LogP contribution in [-0.4, -0.2) is 22.3 Å². The molecule has 0 aliphatic carbocycles. The van der Waals surface area contributed by atoms with E-state index in [1.54, 1.807) is 23.9 Å². The van der Waals surface area contributed by atoms with Crippen molar-refractivity contribution in [2.45, 2.75) is 0 Å². The first kappa shape index (κ1) is 11.3. The Bertz CT molecular complexity index is 712. The largest absolute Gasteiger partial charge is 0.482 e. The molecule has 6 heteroatoms. The van der Waals surface area contributed by atoms with Gasteiger partial charge >= 0.3 is 0 Å². The van der Waals surface area contributed by atoms with Crippen molar-refractivity contribution in [2.75, 3.05) is 11.9 Å². The normalized spacial score (nSPS) is 13.2. The Morgan fingerprint density at radius 1 is 1.47 bits per heavy atom. The summed E-state index contributed by atoms with van der Waals surface area (Å²) in [6.45, 7) is 0.0383. The number of carbonyl (C=O) groups is 1. The third-order valence-electron chi connectivity index (χ3n) is 2.90. The maximum Gasteiger partial charge on any atom is 0.262 e. The maximum atomic E-state index is 11.3. The summed E-state index contributed by atoms with van der Waals surface area (Å²) in [5.74, 6) is 0.471. The van der Waals surface area contributed by atoms with Crippen molar-refractivity contribution in [1.82, 2.24) is 9.78 Å². The van der Waals surface area contributed by atoms with Crippen LogP contribution in [0.15, 0.2) is 24.3 Å². The molecule has 2 heterocycles. The van der Waals surface area contributed by atoms with Crippen LogP contribution < -0.4 is 10.1 Å². The molecule has 1 amide bonds. The topological polar surface area (TPSA) is 79.9 Å². The molecule has 3 rings (SSSR count). The molecule has 2 aromatic rings. The monoisotopic (exact) mass is 254 g/mol. The lowest BCUT2D eigenvalue weighted by molar-refractivity contribution is -0.118. The molecule has 0 atom stereocenters. The molecule has 1 aliphatic rings. The minimum atomic E-state index is -0.174. The number of amides is 1. The number of nitrogens with one attached hydrogen (secondary N) is 1. The lowest BCUT2D eigenvalue weighted by Gasteiger charge is -2.18. The van der Waals surface area contributed by atoms with Gasteiger partial charge in [0.15, 0.2) is 12.3 Å². The van der Waals surface area contributed by atoms with Gasteiger partial charge in [0.05, 0.1) is 11.4 Å². The summed E-state index contributed by atoms with van der Waals surface area (Å²) in [5, 5.41) is 15.7. The van der Waals surface area contributed by atoms with E-state index in [0.717, 1.165) is 11.3 Å². The summed E-state index contributed by atoms with van der Waals surface area (Å²) in [6, 6.07) is 9.18. The van der Waals surface area contributed by atoms with Crippen LogP contribution >= 0.6 is 0 Å². The fraction of sp³-hybridized carbons (Fsp3) is 0.154. The van der Waals surface area contributed by atoms with Crippen LogP contribution in [0.2, 0.25) is 0 Å². The maximum absolute atomic E-state index is 11.3. The number of rotatable bonds is 1. The van der Waals surface area contributed by atoms with Crippen LogP contribution in [0.5, 0.6) is 5.75 Å². The van der Waals surface area contributed by atoms with Crippen LogP contribution in [0.4, 0.5) is 5.69 Å². The van der Waals surface area contributed by atoms with Gasteiger partial charge in [-0.3, -0.25) is 9.48 Å². The van der Waals surface area contributed by atoms with Gasteiger partial charge in [-0.05, 0) is 18.2 Å². The molecule has 19 heavy (non-hydrogen) atoms. The predicted molar refractivity (Wildman–Crippen MR) is 67.5 cm³/mol. The van der Waals surface area contributed by atoms with Crippen molar-refractivity contribution in [3.8, 4) is 23.1 Å². The van der Waals surface area contributed by atoms with E-state index in [9.17, 15) is 4.79 Å². The highest BCUT2D eigenvalue weighted by atomic mass is 16.5. The van der Waals surface area contributed by atoms with Gasteiger partial charge in [-0.15, -0.1) is 0 Å². The second kappa shape index (κ2) is 4.14. The molecule has 0 saturated carbocycles. The number of fused-ring (bicyclic) bond motifs is 1. The van der Waals surface area contributed by atoms with Crippen LogP contribution in [0.25, 0.3) is 11.3 Å². The second-order valence-electron chi connectivity index (χ2n) is 4.20. The Morgan fingerprint density at radius 3 is 3.05 bits per heavy atom. The zero-order valence-corrected chi connectivity index (χ0v) is 10.2. The number of aryl methyl sites for hydroxylation is 1. The van der Waals surface area contributed by atoms with Crippen LogP contribution in [0.1, 0.15) is 5.69 Å². The minimum Gasteiger partial charge on any atom is -0.482 e. The quantitative estimate of drug-likeness (QED) is 0.831. The highest BCUT2D eigenvalue weighted by molar-refractivity contribution is 5.96. The van der Waals surface area contributed by atoms with Gasteiger partial charge in [0, 0.05) is 18.7 Å². The smallest absolute Gasteiger partial charge is 0.262 e. The molecule has 1 aliphatic heterocycles. The molecule has 1 aromatic carbocycles. The molecular weight excluding hydrogens is 244 g/mol. The standard InChI is InChI=1S/C13H10N4O2/c1-17-11(5-9(6-14)16-17)8-2-3-12-10(4-8)15-13(18)7-19-12/h2-5H,7H2,1H3,(H,15,18). The predicted octanol–water partition coefficient (Wildman–Crippen LogP) is 1.29. The average molecular weight is 254 g/mol. The Labute approximate surface area is 109 Å². The van der Waals surface area contributed by atoms with E-state index < -0.39 is 0 Å². The van der Waals surface area contributed by atoms with Gasteiger partial charge in [0.2, 0.25) is 0 Å². The lowest BCUT2D eigenvalue weighted by atomic mass is 10.1. The molecule has 0 radical (unpaired) electrons. The number of nitrogens with zero attached hydrogens (tertiary/aromatic N) is 3. The van der Waals surface area contributed by atoms with E-state index in [-0.39, 0.29) is 12.5 Å². The Hall–Kier alpha value is -2.81. The number of carbonyl (C=O) groups excluding carboxylic acids is 1. The van der Waals surface area contributed by atoms with E-state index in [1.807, 2.05) is 18.2 Å². The van der Waals surface area contributed by atoms with E-state index in [2.05, 4.69) is 10.4 Å². The minimum absolute atomic E-state index is 0.0383. The Balaban J connectivity index is 2.06. The lowest BCUT2D eigenvalue weighted by Crippen LogP contribution is -2.25. The van der Waals surface area contributed by atoms with Gasteiger partial charge < -0.3 is 10.1 Å². The van der Waals surface area contributed by atoms with Crippen molar-refractivity contribution >= 4 is 11.6 Å². The molecule has 1 N–H and O–H groups in total. The van der Waals surface area contributed by atoms with Gasteiger partial charge in [-0.1, -0.05) is 0 Å². The van der Waals surface area contributed by atoms with Crippen molar-refractivity contribution in [2.24, 2.45) is 7.05 Å². The van der Waals surface area contributed by atoms with Crippen LogP contribution in [-0.2, 0) is 11.8 Å². The summed E-state index contributed by atoms with van der Waals surface area (Å²) < 4.78 is 6.93. The molecule has 0 bridgehead atoms. The summed E-state index contributed by atoms with van der Waals surface area (Å²) >= 11 is 0. The Morgan fingerprint density at radius 2 is 2.32 bits per heavy atom. The zero-order chi connectivity index (χ0) is 13.4. The van der Waals surface area contributed by atoms with Crippen LogP contribution in [0, 0.1) is 11.3 Å². The number of anilines is 1. The van der Waals surface area contributed by atoms with E-state index >= 15 is 0 Å². The second-order valence-corrected chi connectivity index (χ2v) is 4.20. The fourth-order valence-electron chi connectivity index (χ4n) is 2.03. The summed E-state index contributed by atoms with van der Waals surface area (Å²) in [6.07, 6.45) is 0. The SMILES string of the molecule is Cn1nc(C#N)cc1-c1ccc2c(c1)NC(=O)CO2. The van der Waals surface area contributed by atoms with Gasteiger partial charge in [-0.25, -0.2) is 0 Å². The molecule has 0 fully saturated rings. The number of benzene rings is 1. The molecular formula is C13H10N4O2. The Kier molecular flexibility index (Phi) is 2.46. The number of aromatic nitrogens is 2. The molecule has 0 spiro atoms. The van der Waals surface area contributed by atoms with Crippen LogP contribution in [0.3, 0.4) is 0 Å².